The van der Waals surface area contributed by atoms with Crippen LogP contribution < -0.4 is 4.74 Å². The Bertz CT molecular complexity index is 842. The lowest BCUT2D eigenvalue weighted by molar-refractivity contribution is -0.107. The first-order valence-electron chi connectivity index (χ1n) is 8.36. The second-order valence-electron chi connectivity index (χ2n) is 5.91. The van der Waals surface area contributed by atoms with Gasteiger partial charge in [-0.3, -0.25) is 4.79 Å². The molecule has 0 amide bonds. The fourth-order valence-electron chi connectivity index (χ4n) is 2.96. The minimum absolute atomic E-state index is 0.0836. The molecule has 2 aromatic carbocycles. The van der Waals surface area contributed by atoms with Gasteiger partial charge in [-0.25, -0.2) is 0 Å². The van der Waals surface area contributed by atoms with E-state index in [9.17, 15) is 9.90 Å². The molecule has 5 heteroatoms. The molecule has 1 N–H and O–H groups in total. The highest BCUT2D eigenvalue weighted by Gasteiger charge is 2.34. The number of aromatic hydroxyl groups is 1. The van der Waals surface area contributed by atoms with Crippen molar-refractivity contribution in [1.82, 2.24) is 5.06 Å². The summed E-state index contributed by atoms with van der Waals surface area (Å²) in [5.41, 5.74) is 2.34. The summed E-state index contributed by atoms with van der Waals surface area (Å²) in [4.78, 5) is 17.8. The summed E-state index contributed by atoms with van der Waals surface area (Å²) in [5.74, 6) is 1.05. The normalized spacial score (nSPS) is 17.5. The summed E-state index contributed by atoms with van der Waals surface area (Å²) in [6.45, 7) is 2.34. The van der Waals surface area contributed by atoms with Crippen molar-refractivity contribution in [3.05, 3.63) is 77.4 Å². The molecular formula is C21H21NO4. The van der Waals surface area contributed by atoms with E-state index in [1.54, 1.807) is 23.3 Å². The van der Waals surface area contributed by atoms with Crippen LogP contribution in [-0.4, -0.2) is 29.6 Å². The van der Waals surface area contributed by atoms with Gasteiger partial charge in [-0.15, -0.1) is 5.06 Å². The number of methoxy groups -OCH3 is 1. The molecule has 1 aliphatic rings. The molecule has 0 fully saturated rings. The van der Waals surface area contributed by atoms with Crippen LogP contribution in [0.3, 0.4) is 0 Å². The zero-order chi connectivity index (χ0) is 18.5. The van der Waals surface area contributed by atoms with Crippen molar-refractivity contribution in [1.29, 1.82) is 0 Å². The van der Waals surface area contributed by atoms with Crippen molar-refractivity contribution >= 4 is 12.0 Å². The Balaban J connectivity index is 1.92. The topological polar surface area (TPSA) is 59.0 Å². The summed E-state index contributed by atoms with van der Waals surface area (Å²) >= 11 is 0. The van der Waals surface area contributed by atoms with Gasteiger partial charge >= 0.3 is 0 Å². The first kappa shape index (κ1) is 17.8. The van der Waals surface area contributed by atoms with Gasteiger partial charge in [0.1, 0.15) is 0 Å². The molecule has 5 nitrogen and oxygen atoms in total. The number of rotatable bonds is 6. The highest BCUT2D eigenvalue weighted by molar-refractivity contribution is 5.89. The molecule has 0 aliphatic carbocycles. The number of carbonyl (C=O) groups is 1. The lowest BCUT2D eigenvalue weighted by Crippen LogP contribution is -2.29. The van der Waals surface area contributed by atoms with Crippen LogP contribution in [0.15, 0.2) is 66.3 Å². The molecule has 134 valence electrons. The van der Waals surface area contributed by atoms with Crippen LogP contribution in [0.2, 0.25) is 0 Å². The van der Waals surface area contributed by atoms with E-state index in [0.29, 0.717) is 23.6 Å². The monoisotopic (exact) mass is 351 g/mol. The maximum absolute atomic E-state index is 11.8. The van der Waals surface area contributed by atoms with E-state index in [-0.39, 0.29) is 11.8 Å². The summed E-state index contributed by atoms with van der Waals surface area (Å²) in [5, 5.41) is 11.5. The number of aldehydes is 1. The Labute approximate surface area is 152 Å². The second-order valence-corrected chi connectivity index (χ2v) is 5.91. The van der Waals surface area contributed by atoms with E-state index in [1.807, 2.05) is 49.4 Å². The quantitative estimate of drug-likeness (QED) is 0.635. The van der Waals surface area contributed by atoms with Crippen molar-refractivity contribution in [3.8, 4) is 11.5 Å². The average molecular weight is 351 g/mol. The molecule has 0 saturated carbocycles. The fraction of sp³-hybridized carbons (Fsp3) is 0.190. The van der Waals surface area contributed by atoms with Gasteiger partial charge < -0.3 is 14.7 Å². The number of ether oxygens (including phenoxy) is 1. The molecule has 2 aromatic rings. The maximum atomic E-state index is 11.8. The van der Waals surface area contributed by atoms with Crippen molar-refractivity contribution in [2.24, 2.45) is 0 Å². The molecule has 0 saturated heterocycles. The van der Waals surface area contributed by atoms with E-state index in [0.717, 1.165) is 17.4 Å². The van der Waals surface area contributed by atoms with Crippen LogP contribution in [0, 0.1) is 0 Å². The Morgan fingerprint density at radius 1 is 1.23 bits per heavy atom. The molecule has 0 aromatic heterocycles. The summed E-state index contributed by atoms with van der Waals surface area (Å²) in [7, 11) is 1.51. The third-order valence-electron chi connectivity index (χ3n) is 4.22. The summed E-state index contributed by atoms with van der Waals surface area (Å²) in [6, 6.07) is 14.4. The Kier molecular flexibility index (Phi) is 5.39. The lowest BCUT2D eigenvalue weighted by Gasteiger charge is -2.22. The van der Waals surface area contributed by atoms with E-state index in [1.165, 1.54) is 7.11 Å². The first-order chi connectivity index (χ1) is 12.7. The molecule has 0 radical (unpaired) electrons. The Morgan fingerprint density at radius 3 is 2.65 bits per heavy atom. The van der Waals surface area contributed by atoms with Gasteiger partial charge in [-0.1, -0.05) is 48.6 Å². The van der Waals surface area contributed by atoms with Crippen molar-refractivity contribution < 1.29 is 19.5 Å². The lowest BCUT2D eigenvalue weighted by atomic mass is 10.0. The van der Waals surface area contributed by atoms with Gasteiger partial charge in [-0.2, -0.15) is 0 Å². The number of nitrogens with zero attached hydrogens (tertiary/aromatic N) is 1. The number of benzene rings is 2. The summed E-state index contributed by atoms with van der Waals surface area (Å²) < 4.78 is 5.17. The molecule has 1 unspecified atom stereocenters. The Hall–Kier alpha value is -3.05. The van der Waals surface area contributed by atoms with Gasteiger partial charge in [0, 0.05) is 5.56 Å². The zero-order valence-corrected chi connectivity index (χ0v) is 14.8. The van der Waals surface area contributed by atoms with Crippen LogP contribution in [-0.2, 0) is 16.2 Å². The van der Waals surface area contributed by atoms with Crippen LogP contribution in [0.5, 0.6) is 11.5 Å². The molecule has 3 rings (SSSR count). The predicted octanol–water partition coefficient (Wildman–Crippen LogP) is 3.70. The number of phenolic OH excluding ortho intramolecular Hbond substituents is 1. The SMILES string of the molecule is CC=CC1C(C=O)=C(c2ccccc2)ON1Cc1ccc(O)c(OC)c1. The van der Waals surface area contributed by atoms with E-state index in [4.69, 9.17) is 9.57 Å². The highest BCUT2D eigenvalue weighted by atomic mass is 16.7. The molecule has 1 heterocycles. The Morgan fingerprint density at radius 2 is 2.00 bits per heavy atom. The minimum Gasteiger partial charge on any atom is -0.504 e. The van der Waals surface area contributed by atoms with Crippen LogP contribution in [0.25, 0.3) is 5.76 Å². The van der Waals surface area contributed by atoms with Gasteiger partial charge in [0.25, 0.3) is 0 Å². The van der Waals surface area contributed by atoms with Crippen molar-refractivity contribution in [3.63, 3.8) is 0 Å². The van der Waals surface area contributed by atoms with Crippen molar-refractivity contribution in [2.75, 3.05) is 7.11 Å². The van der Waals surface area contributed by atoms with Crippen LogP contribution >= 0.6 is 0 Å². The van der Waals surface area contributed by atoms with Gasteiger partial charge in [0.05, 0.1) is 25.3 Å². The number of allylic oxidation sites excluding steroid dienone is 1. The minimum atomic E-state index is -0.285. The molecule has 1 atom stereocenters. The standard InChI is InChI=1S/C21H21NO4/c1-3-7-18-17(14-23)21(16-8-5-4-6-9-16)26-22(18)13-15-10-11-19(24)20(12-15)25-2/h3-12,14,18,24H,13H2,1-2H3. The van der Waals surface area contributed by atoms with Gasteiger partial charge in [-0.05, 0) is 24.6 Å². The van der Waals surface area contributed by atoms with Crippen LogP contribution in [0.4, 0.5) is 0 Å². The fourth-order valence-corrected chi connectivity index (χ4v) is 2.96. The van der Waals surface area contributed by atoms with Crippen LogP contribution in [0.1, 0.15) is 18.1 Å². The molecule has 26 heavy (non-hydrogen) atoms. The number of hydrogen-bond donors (Lipinski definition) is 1. The number of carbonyl (C=O) groups excluding carboxylic acids is 1. The third kappa shape index (κ3) is 3.48. The van der Waals surface area contributed by atoms with Gasteiger partial charge in [0.15, 0.2) is 23.5 Å². The zero-order valence-electron chi connectivity index (χ0n) is 14.8. The largest absolute Gasteiger partial charge is 0.504 e. The highest BCUT2D eigenvalue weighted by Crippen LogP contribution is 2.35. The summed E-state index contributed by atoms with van der Waals surface area (Å²) in [6.07, 6.45) is 4.68. The van der Waals surface area contributed by atoms with E-state index < -0.39 is 0 Å². The van der Waals surface area contributed by atoms with Gasteiger partial charge in [0.2, 0.25) is 0 Å². The third-order valence-corrected chi connectivity index (χ3v) is 4.22. The number of hydroxylamine groups is 2. The number of phenols is 1. The predicted molar refractivity (Wildman–Crippen MR) is 99.3 cm³/mol. The molecule has 0 spiro atoms. The smallest absolute Gasteiger partial charge is 0.163 e. The number of hydrogen-bond acceptors (Lipinski definition) is 5. The molecular weight excluding hydrogens is 330 g/mol. The average Bonchev–Trinajstić information content (AvgIpc) is 3.01. The van der Waals surface area contributed by atoms with Crippen molar-refractivity contribution in [2.45, 2.75) is 19.5 Å². The first-order valence-corrected chi connectivity index (χ1v) is 8.36. The second kappa shape index (κ2) is 7.89. The molecule has 0 bridgehead atoms. The maximum Gasteiger partial charge on any atom is 0.163 e. The van der Waals surface area contributed by atoms with E-state index >= 15 is 0 Å². The molecule has 1 aliphatic heterocycles. The van der Waals surface area contributed by atoms with E-state index in [2.05, 4.69) is 0 Å².